The van der Waals surface area contributed by atoms with Crippen LogP contribution < -0.4 is 5.73 Å². The number of nitro groups is 1. The van der Waals surface area contributed by atoms with E-state index in [1.807, 2.05) is 13.8 Å². The van der Waals surface area contributed by atoms with E-state index in [1.54, 1.807) is 0 Å². The SMILES string of the molecule is CCCCc1c(C(N)=O)ccc([N+](=O)[O-])c1CCCC. The van der Waals surface area contributed by atoms with Crippen molar-refractivity contribution >= 4 is 11.6 Å². The van der Waals surface area contributed by atoms with Gasteiger partial charge in [-0.3, -0.25) is 14.9 Å². The lowest BCUT2D eigenvalue weighted by atomic mass is 9.91. The van der Waals surface area contributed by atoms with Crippen LogP contribution in [-0.2, 0) is 12.8 Å². The topological polar surface area (TPSA) is 86.2 Å². The Labute approximate surface area is 119 Å². The van der Waals surface area contributed by atoms with Gasteiger partial charge in [0.15, 0.2) is 0 Å². The molecule has 0 aliphatic rings. The van der Waals surface area contributed by atoms with E-state index in [0.29, 0.717) is 24.0 Å². The van der Waals surface area contributed by atoms with E-state index >= 15 is 0 Å². The maximum absolute atomic E-state index is 11.5. The molecule has 0 radical (unpaired) electrons. The molecule has 0 atom stereocenters. The molecule has 1 aromatic rings. The molecule has 0 aromatic heterocycles. The Bertz CT molecular complexity index is 453. The minimum absolute atomic E-state index is 0.106. The Morgan fingerprint density at radius 3 is 2.15 bits per heavy atom. The molecule has 2 N–H and O–H groups in total. The first-order valence-electron chi connectivity index (χ1n) is 7.11. The van der Waals surface area contributed by atoms with Gasteiger partial charge < -0.3 is 5.73 Å². The first kappa shape index (κ1) is 16.1. The van der Waals surface area contributed by atoms with E-state index in [9.17, 15) is 14.9 Å². The van der Waals surface area contributed by atoms with Crippen LogP contribution in [0.3, 0.4) is 0 Å². The average Bonchev–Trinajstić information content (AvgIpc) is 2.41. The summed E-state index contributed by atoms with van der Waals surface area (Å²) in [5, 5.41) is 11.2. The number of primary amides is 1. The van der Waals surface area contributed by atoms with E-state index in [2.05, 4.69) is 0 Å². The molecule has 0 saturated heterocycles. The minimum atomic E-state index is -0.510. The summed E-state index contributed by atoms with van der Waals surface area (Å²) in [6.45, 7) is 4.09. The number of nitro benzene ring substituents is 1. The van der Waals surface area contributed by atoms with Gasteiger partial charge in [-0.1, -0.05) is 26.7 Å². The van der Waals surface area contributed by atoms with E-state index in [1.165, 1.54) is 12.1 Å². The Hall–Kier alpha value is -1.91. The fourth-order valence-electron chi connectivity index (χ4n) is 2.35. The summed E-state index contributed by atoms with van der Waals surface area (Å²) in [5.74, 6) is -0.510. The van der Waals surface area contributed by atoms with Crippen molar-refractivity contribution in [1.29, 1.82) is 0 Å². The molecule has 1 aromatic carbocycles. The Kier molecular flexibility index (Phi) is 6.15. The number of amides is 1. The molecule has 1 amide bonds. The number of benzene rings is 1. The van der Waals surface area contributed by atoms with Gasteiger partial charge in [0.1, 0.15) is 0 Å². The monoisotopic (exact) mass is 278 g/mol. The van der Waals surface area contributed by atoms with Gasteiger partial charge in [-0.25, -0.2) is 0 Å². The van der Waals surface area contributed by atoms with Crippen LogP contribution in [0.25, 0.3) is 0 Å². The first-order valence-corrected chi connectivity index (χ1v) is 7.11. The molecule has 1 rings (SSSR count). The second-order valence-electron chi connectivity index (χ2n) is 4.92. The maximum Gasteiger partial charge on any atom is 0.272 e. The summed E-state index contributed by atoms with van der Waals surface area (Å²) in [4.78, 5) is 22.4. The number of hydrogen-bond acceptors (Lipinski definition) is 3. The zero-order valence-electron chi connectivity index (χ0n) is 12.1. The lowest BCUT2D eigenvalue weighted by molar-refractivity contribution is -0.385. The third kappa shape index (κ3) is 3.79. The average molecular weight is 278 g/mol. The van der Waals surface area contributed by atoms with E-state index in [0.717, 1.165) is 31.2 Å². The highest BCUT2D eigenvalue weighted by Crippen LogP contribution is 2.28. The number of hydrogen-bond donors (Lipinski definition) is 1. The highest BCUT2D eigenvalue weighted by Gasteiger charge is 2.21. The van der Waals surface area contributed by atoms with Crippen LogP contribution in [0, 0.1) is 10.1 Å². The number of nitrogens with zero attached hydrogens (tertiary/aromatic N) is 1. The third-order valence-corrected chi connectivity index (χ3v) is 3.43. The lowest BCUT2D eigenvalue weighted by Gasteiger charge is -2.13. The molecule has 0 aliphatic heterocycles. The highest BCUT2D eigenvalue weighted by atomic mass is 16.6. The molecular weight excluding hydrogens is 256 g/mol. The molecule has 0 aliphatic carbocycles. The largest absolute Gasteiger partial charge is 0.366 e. The van der Waals surface area contributed by atoms with E-state index < -0.39 is 5.91 Å². The normalized spacial score (nSPS) is 10.5. The number of rotatable bonds is 8. The Balaban J connectivity index is 3.37. The van der Waals surface area contributed by atoms with Crippen molar-refractivity contribution in [1.82, 2.24) is 0 Å². The zero-order chi connectivity index (χ0) is 15.1. The van der Waals surface area contributed by atoms with Gasteiger partial charge in [-0.2, -0.15) is 0 Å². The summed E-state index contributed by atoms with van der Waals surface area (Å²) in [7, 11) is 0. The maximum atomic E-state index is 11.5. The number of carbonyl (C=O) groups is 1. The molecular formula is C15H22N2O3. The predicted octanol–water partition coefficient (Wildman–Crippen LogP) is 3.38. The minimum Gasteiger partial charge on any atom is -0.366 e. The van der Waals surface area contributed by atoms with Crippen LogP contribution in [-0.4, -0.2) is 10.8 Å². The van der Waals surface area contributed by atoms with Gasteiger partial charge in [0, 0.05) is 17.2 Å². The second kappa shape index (κ2) is 7.62. The molecule has 0 saturated carbocycles. The van der Waals surface area contributed by atoms with Crippen LogP contribution in [0.5, 0.6) is 0 Å². The van der Waals surface area contributed by atoms with Crippen LogP contribution in [0.2, 0.25) is 0 Å². The van der Waals surface area contributed by atoms with Crippen molar-refractivity contribution in [2.45, 2.75) is 52.4 Å². The van der Waals surface area contributed by atoms with Crippen molar-refractivity contribution in [3.05, 3.63) is 38.9 Å². The van der Waals surface area contributed by atoms with Crippen molar-refractivity contribution in [2.24, 2.45) is 5.73 Å². The summed E-state index contributed by atoms with van der Waals surface area (Å²) in [6.07, 6.45) is 4.95. The number of carbonyl (C=O) groups excluding carboxylic acids is 1. The van der Waals surface area contributed by atoms with Crippen molar-refractivity contribution in [3.63, 3.8) is 0 Å². The lowest BCUT2D eigenvalue weighted by Crippen LogP contribution is -2.16. The smallest absolute Gasteiger partial charge is 0.272 e. The molecule has 5 heteroatoms. The molecule has 0 heterocycles. The number of unbranched alkanes of at least 4 members (excludes halogenated alkanes) is 2. The third-order valence-electron chi connectivity index (χ3n) is 3.43. The van der Waals surface area contributed by atoms with Crippen molar-refractivity contribution in [3.8, 4) is 0 Å². The second-order valence-corrected chi connectivity index (χ2v) is 4.92. The predicted molar refractivity (Wildman–Crippen MR) is 78.8 cm³/mol. The van der Waals surface area contributed by atoms with Gasteiger partial charge in [-0.05, 0) is 37.3 Å². The van der Waals surface area contributed by atoms with Gasteiger partial charge in [0.25, 0.3) is 5.69 Å². The van der Waals surface area contributed by atoms with E-state index in [4.69, 9.17) is 5.73 Å². The molecule has 0 bridgehead atoms. The summed E-state index contributed by atoms with van der Waals surface area (Å²) >= 11 is 0. The zero-order valence-corrected chi connectivity index (χ0v) is 12.1. The molecule has 0 unspecified atom stereocenters. The number of nitrogens with two attached hydrogens (primary N) is 1. The Morgan fingerprint density at radius 1 is 1.15 bits per heavy atom. The highest BCUT2D eigenvalue weighted by molar-refractivity contribution is 5.95. The first-order chi connectivity index (χ1) is 9.52. The van der Waals surface area contributed by atoms with Gasteiger partial charge in [0.05, 0.1) is 4.92 Å². The summed E-state index contributed by atoms with van der Waals surface area (Å²) < 4.78 is 0. The molecule has 110 valence electrons. The van der Waals surface area contributed by atoms with E-state index in [-0.39, 0.29) is 10.6 Å². The van der Waals surface area contributed by atoms with Gasteiger partial charge in [0.2, 0.25) is 5.91 Å². The van der Waals surface area contributed by atoms with Crippen LogP contribution in [0.15, 0.2) is 12.1 Å². The van der Waals surface area contributed by atoms with Crippen molar-refractivity contribution in [2.75, 3.05) is 0 Å². The quantitative estimate of drug-likeness (QED) is 0.584. The standard InChI is InChI=1S/C15H22N2O3/c1-3-5-7-11-12(8-6-4-2)14(17(19)20)10-9-13(11)15(16)18/h9-10H,3-8H2,1-2H3,(H2,16,18). The van der Waals surface area contributed by atoms with Crippen LogP contribution in [0.1, 0.15) is 61.0 Å². The molecule has 0 spiro atoms. The molecule has 0 fully saturated rings. The Morgan fingerprint density at radius 2 is 1.70 bits per heavy atom. The summed E-state index contributed by atoms with van der Waals surface area (Å²) in [5.41, 5.74) is 7.38. The fourth-order valence-corrected chi connectivity index (χ4v) is 2.35. The van der Waals surface area contributed by atoms with Crippen molar-refractivity contribution < 1.29 is 9.72 Å². The summed E-state index contributed by atoms with van der Waals surface area (Å²) in [6, 6.07) is 2.89. The van der Waals surface area contributed by atoms with Crippen LogP contribution in [0.4, 0.5) is 5.69 Å². The fraction of sp³-hybridized carbons (Fsp3) is 0.533. The molecule has 5 nitrogen and oxygen atoms in total. The van der Waals surface area contributed by atoms with Gasteiger partial charge >= 0.3 is 0 Å². The van der Waals surface area contributed by atoms with Crippen LogP contribution >= 0.6 is 0 Å². The molecule has 20 heavy (non-hydrogen) atoms. The van der Waals surface area contributed by atoms with Gasteiger partial charge in [-0.15, -0.1) is 0 Å².